The van der Waals surface area contributed by atoms with Crippen LogP contribution in [-0.2, 0) is 0 Å². The van der Waals surface area contributed by atoms with Crippen LogP contribution in [0.3, 0.4) is 0 Å². The van der Waals surface area contributed by atoms with E-state index in [9.17, 15) is 0 Å². The Morgan fingerprint density at radius 3 is 2.52 bits per heavy atom. The molecule has 2 aromatic carbocycles. The zero-order valence-corrected chi connectivity index (χ0v) is 11.6. The average Bonchev–Trinajstić information content (AvgIpc) is 3.39. The van der Waals surface area contributed by atoms with E-state index in [1.54, 1.807) is 0 Å². The Hall–Kier alpha value is -2.46. The predicted molar refractivity (Wildman–Crippen MR) is 84.8 cm³/mol. The SMILES string of the molecule is NNc1cc(C2CC2)nc(-c2ccc3ccccc3c2)n1. The summed E-state index contributed by atoms with van der Waals surface area (Å²) in [4.78, 5) is 9.21. The number of benzene rings is 2. The van der Waals surface area contributed by atoms with E-state index in [-0.39, 0.29) is 0 Å². The van der Waals surface area contributed by atoms with Gasteiger partial charge in [0.2, 0.25) is 0 Å². The van der Waals surface area contributed by atoms with Crippen molar-refractivity contribution >= 4 is 16.6 Å². The second kappa shape index (κ2) is 4.82. The molecule has 21 heavy (non-hydrogen) atoms. The molecule has 0 spiro atoms. The van der Waals surface area contributed by atoms with Crippen molar-refractivity contribution in [1.29, 1.82) is 0 Å². The second-order valence-corrected chi connectivity index (χ2v) is 5.48. The summed E-state index contributed by atoms with van der Waals surface area (Å²) in [6.45, 7) is 0. The van der Waals surface area contributed by atoms with Gasteiger partial charge in [-0.2, -0.15) is 0 Å². The van der Waals surface area contributed by atoms with Crippen LogP contribution in [-0.4, -0.2) is 9.97 Å². The van der Waals surface area contributed by atoms with Gasteiger partial charge in [0.05, 0.1) is 0 Å². The van der Waals surface area contributed by atoms with Gasteiger partial charge in [0.25, 0.3) is 0 Å². The van der Waals surface area contributed by atoms with Crippen molar-refractivity contribution < 1.29 is 0 Å². The first-order valence-electron chi connectivity index (χ1n) is 7.18. The molecule has 0 bridgehead atoms. The van der Waals surface area contributed by atoms with E-state index in [1.165, 1.54) is 23.6 Å². The molecule has 104 valence electrons. The molecule has 1 saturated carbocycles. The maximum atomic E-state index is 5.54. The first-order chi connectivity index (χ1) is 10.3. The minimum absolute atomic E-state index is 0.569. The van der Waals surface area contributed by atoms with Crippen LogP contribution in [0.2, 0.25) is 0 Å². The third-order valence-corrected chi connectivity index (χ3v) is 3.90. The highest BCUT2D eigenvalue weighted by atomic mass is 15.3. The van der Waals surface area contributed by atoms with Gasteiger partial charge in [0, 0.05) is 23.2 Å². The standard InChI is InChI=1S/C17H16N4/c18-21-16-10-15(12-6-7-12)19-17(20-16)14-8-5-11-3-1-2-4-13(11)9-14/h1-5,8-10,12H,6-7,18H2,(H,19,20,21). The number of hydrogen-bond acceptors (Lipinski definition) is 4. The van der Waals surface area contributed by atoms with Gasteiger partial charge in [0.1, 0.15) is 5.82 Å². The molecule has 4 rings (SSSR count). The monoisotopic (exact) mass is 276 g/mol. The highest BCUT2D eigenvalue weighted by molar-refractivity contribution is 5.86. The lowest BCUT2D eigenvalue weighted by molar-refractivity contribution is 0.991. The van der Waals surface area contributed by atoms with Crippen LogP contribution in [0, 0.1) is 0 Å². The van der Waals surface area contributed by atoms with Crippen LogP contribution in [0.1, 0.15) is 24.5 Å². The predicted octanol–water partition coefficient (Wildman–Crippen LogP) is 3.46. The smallest absolute Gasteiger partial charge is 0.161 e. The number of nitrogens with two attached hydrogens (primary N) is 1. The lowest BCUT2D eigenvalue weighted by Crippen LogP contribution is -2.10. The highest BCUT2D eigenvalue weighted by Gasteiger charge is 2.26. The molecule has 1 aliphatic rings. The Bertz CT molecular complexity index is 809. The van der Waals surface area contributed by atoms with E-state index in [0.717, 1.165) is 17.1 Å². The van der Waals surface area contributed by atoms with Crippen molar-refractivity contribution in [2.45, 2.75) is 18.8 Å². The molecule has 1 heterocycles. The lowest BCUT2D eigenvalue weighted by Gasteiger charge is -2.08. The Labute approximate surface area is 123 Å². The topological polar surface area (TPSA) is 63.8 Å². The van der Waals surface area contributed by atoms with Gasteiger partial charge in [-0.15, -0.1) is 0 Å². The van der Waals surface area contributed by atoms with E-state index < -0.39 is 0 Å². The van der Waals surface area contributed by atoms with Crippen molar-refractivity contribution in [1.82, 2.24) is 9.97 Å². The largest absolute Gasteiger partial charge is 0.308 e. The molecule has 1 aliphatic carbocycles. The van der Waals surface area contributed by atoms with Gasteiger partial charge >= 0.3 is 0 Å². The summed E-state index contributed by atoms with van der Waals surface area (Å²) in [5.41, 5.74) is 4.75. The van der Waals surface area contributed by atoms with E-state index in [1.807, 2.05) is 18.2 Å². The fourth-order valence-corrected chi connectivity index (χ4v) is 2.59. The molecule has 3 aromatic rings. The van der Waals surface area contributed by atoms with Gasteiger partial charge in [-0.3, -0.25) is 0 Å². The number of nitrogens with one attached hydrogen (secondary N) is 1. The minimum Gasteiger partial charge on any atom is -0.308 e. The van der Waals surface area contributed by atoms with E-state index >= 15 is 0 Å². The molecule has 0 unspecified atom stereocenters. The summed E-state index contributed by atoms with van der Waals surface area (Å²) in [5, 5.41) is 2.41. The van der Waals surface area contributed by atoms with Crippen LogP contribution < -0.4 is 11.3 Å². The Kier molecular flexibility index (Phi) is 2.82. The third kappa shape index (κ3) is 2.34. The van der Waals surface area contributed by atoms with Crippen LogP contribution in [0.5, 0.6) is 0 Å². The first-order valence-corrected chi connectivity index (χ1v) is 7.18. The molecule has 4 heteroatoms. The number of hydrazine groups is 1. The third-order valence-electron chi connectivity index (χ3n) is 3.90. The van der Waals surface area contributed by atoms with Gasteiger partial charge in [0.15, 0.2) is 5.82 Å². The first kappa shape index (κ1) is 12.3. The molecular formula is C17H16N4. The number of nitrogen functional groups attached to an aromatic ring is 1. The van der Waals surface area contributed by atoms with Crippen molar-refractivity contribution in [3.8, 4) is 11.4 Å². The number of rotatable bonds is 3. The van der Waals surface area contributed by atoms with Crippen molar-refractivity contribution in [3.63, 3.8) is 0 Å². The minimum atomic E-state index is 0.569. The van der Waals surface area contributed by atoms with Crippen LogP contribution in [0.4, 0.5) is 5.82 Å². The summed E-state index contributed by atoms with van der Waals surface area (Å²) >= 11 is 0. The molecule has 0 atom stereocenters. The van der Waals surface area contributed by atoms with E-state index in [0.29, 0.717) is 11.7 Å². The maximum Gasteiger partial charge on any atom is 0.161 e. The zero-order valence-electron chi connectivity index (χ0n) is 11.6. The maximum absolute atomic E-state index is 5.54. The molecule has 1 fully saturated rings. The van der Waals surface area contributed by atoms with Crippen LogP contribution in [0.25, 0.3) is 22.2 Å². The molecule has 3 N–H and O–H groups in total. The summed E-state index contributed by atoms with van der Waals surface area (Å²) in [5.74, 6) is 7.52. The van der Waals surface area contributed by atoms with Crippen LogP contribution in [0.15, 0.2) is 48.5 Å². The Morgan fingerprint density at radius 1 is 0.952 bits per heavy atom. The summed E-state index contributed by atoms with van der Waals surface area (Å²) < 4.78 is 0. The number of anilines is 1. The molecule has 0 saturated heterocycles. The molecular weight excluding hydrogens is 260 g/mol. The summed E-state index contributed by atoms with van der Waals surface area (Å²) in [6, 6.07) is 16.5. The zero-order chi connectivity index (χ0) is 14.2. The second-order valence-electron chi connectivity index (χ2n) is 5.48. The molecule has 0 aliphatic heterocycles. The quantitative estimate of drug-likeness (QED) is 0.568. The number of fused-ring (bicyclic) bond motifs is 1. The lowest BCUT2D eigenvalue weighted by atomic mass is 10.1. The molecule has 0 amide bonds. The van der Waals surface area contributed by atoms with Gasteiger partial charge in [-0.05, 0) is 29.7 Å². The highest BCUT2D eigenvalue weighted by Crippen LogP contribution is 2.40. The molecule has 0 radical (unpaired) electrons. The Morgan fingerprint density at radius 2 is 1.76 bits per heavy atom. The Balaban J connectivity index is 1.84. The van der Waals surface area contributed by atoms with E-state index in [2.05, 4.69) is 40.7 Å². The van der Waals surface area contributed by atoms with Crippen LogP contribution >= 0.6 is 0 Å². The summed E-state index contributed by atoms with van der Waals surface area (Å²) in [6.07, 6.45) is 2.41. The van der Waals surface area contributed by atoms with E-state index in [4.69, 9.17) is 10.8 Å². The summed E-state index contributed by atoms with van der Waals surface area (Å²) in [7, 11) is 0. The van der Waals surface area contributed by atoms with Crippen molar-refractivity contribution in [2.75, 3.05) is 5.43 Å². The fraction of sp³-hybridized carbons (Fsp3) is 0.176. The molecule has 4 nitrogen and oxygen atoms in total. The van der Waals surface area contributed by atoms with Gasteiger partial charge < -0.3 is 5.43 Å². The number of hydrogen-bond donors (Lipinski definition) is 2. The fourth-order valence-electron chi connectivity index (χ4n) is 2.59. The van der Waals surface area contributed by atoms with Gasteiger partial charge in [-0.1, -0.05) is 36.4 Å². The van der Waals surface area contributed by atoms with Crippen molar-refractivity contribution in [3.05, 3.63) is 54.2 Å². The number of nitrogens with zero attached hydrogens (tertiary/aromatic N) is 2. The molecule has 1 aromatic heterocycles. The average molecular weight is 276 g/mol. The van der Waals surface area contributed by atoms with Gasteiger partial charge in [-0.25, -0.2) is 15.8 Å². The normalized spacial score (nSPS) is 14.3. The number of aromatic nitrogens is 2. The van der Waals surface area contributed by atoms with Crippen molar-refractivity contribution in [2.24, 2.45) is 5.84 Å².